The zero-order valence-corrected chi connectivity index (χ0v) is 11.6. The van der Waals surface area contributed by atoms with Crippen LogP contribution in [-0.2, 0) is 14.3 Å². The summed E-state index contributed by atoms with van der Waals surface area (Å²) in [4.78, 5) is 11.9. The van der Waals surface area contributed by atoms with E-state index in [4.69, 9.17) is 9.47 Å². The largest absolute Gasteiger partial charge is 0.381 e. The number of hydrogen-bond acceptors (Lipinski definition) is 4. The second kappa shape index (κ2) is 8.78. The molecule has 17 heavy (non-hydrogen) atoms. The lowest BCUT2D eigenvalue weighted by Crippen LogP contribution is -2.39. The SMILES string of the molecule is COC(CCSC)CNC(=O)C1CCOCC1. The highest BCUT2D eigenvalue weighted by Crippen LogP contribution is 2.14. The first kappa shape index (κ1) is 14.8. The van der Waals surface area contributed by atoms with E-state index in [0.717, 1.165) is 25.0 Å². The Morgan fingerprint density at radius 2 is 2.24 bits per heavy atom. The highest BCUT2D eigenvalue weighted by atomic mass is 32.2. The lowest BCUT2D eigenvalue weighted by atomic mass is 9.99. The summed E-state index contributed by atoms with van der Waals surface area (Å²) < 4.78 is 10.6. The summed E-state index contributed by atoms with van der Waals surface area (Å²) in [5.74, 6) is 1.34. The molecule has 0 aromatic carbocycles. The predicted molar refractivity (Wildman–Crippen MR) is 70.3 cm³/mol. The molecule has 1 saturated heterocycles. The number of methoxy groups -OCH3 is 1. The Morgan fingerprint density at radius 3 is 2.82 bits per heavy atom. The van der Waals surface area contributed by atoms with Crippen LogP contribution in [0.1, 0.15) is 19.3 Å². The molecule has 0 aromatic rings. The van der Waals surface area contributed by atoms with Crippen molar-refractivity contribution in [2.45, 2.75) is 25.4 Å². The van der Waals surface area contributed by atoms with Crippen LogP contribution in [0.3, 0.4) is 0 Å². The van der Waals surface area contributed by atoms with Crippen LogP contribution in [0.15, 0.2) is 0 Å². The Hall–Kier alpha value is -0.260. The maximum atomic E-state index is 11.9. The molecule has 4 nitrogen and oxygen atoms in total. The van der Waals surface area contributed by atoms with Crippen molar-refractivity contribution in [1.29, 1.82) is 0 Å². The van der Waals surface area contributed by atoms with Gasteiger partial charge in [0.05, 0.1) is 6.10 Å². The molecule has 1 aliphatic rings. The van der Waals surface area contributed by atoms with Crippen LogP contribution >= 0.6 is 11.8 Å². The van der Waals surface area contributed by atoms with Crippen molar-refractivity contribution in [2.75, 3.05) is 38.9 Å². The van der Waals surface area contributed by atoms with Gasteiger partial charge in [-0.2, -0.15) is 11.8 Å². The second-order valence-electron chi connectivity index (χ2n) is 4.27. The highest BCUT2D eigenvalue weighted by Gasteiger charge is 2.21. The van der Waals surface area contributed by atoms with Gasteiger partial charge in [0.1, 0.15) is 0 Å². The van der Waals surface area contributed by atoms with Crippen LogP contribution in [0.4, 0.5) is 0 Å². The number of carbonyl (C=O) groups is 1. The molecule has 0 bridgehead atoms. The van der Waals surface area contributed by atoms with Gasteiger partial charge >= 0.3 is 0 Å². The fourth-order valence-corrected chi connectivity index (χ4v) is 2.37. The van der Waals surface area contributed by atoms with Gasteiger partial charge in [0.25, 0.3) is 0 Å². The molecule has 0 aromatic heterocycles. The molecule has 1 N–H and O–H groups in total. The molecule has 0 saturated carbocycles. The molecule has 1 aliphatic heterocycles. The highest BCUT2D eigenvalue weighted by molar-refractivity contribution is 7.98. The van der Waals surface area contributed by atoms with Gasteiger partial charge in [-0.1, -0.05) is 0 Å². The first-order valence-corrected chi connectivity index (χ1v) is 7.54. The minimum absolute atomic E-state index is 0.127. The van der Waals surface area contributed by atoms with Gasteiger partial charge in [-0.25, -0.2) is 0 Å². The molecule has 0 aliphatic carbocycles. The third-order valence-electron chi connectivity index (χ3n) is 3.07. The van der Waals surface area contributed by atoms with E-state index in [1.165, 1.54) is 0 Å². The number of hydrogen-bond donors (Lipinski definition) is 1. The molecule has 1 rings (SSSR count). The Morgan fingerprint density at radius 1 is 1.53 bits per heavy atom. The number of carbonyl (C=O) groups excluding carboxylic acids is 1. The van der Waals surface area contributed by atoms with Crippen molar-refractivity contribution in [3.8, 4) is 0 Å². The molecule has 1 amide bonds. The molecule has 100 valence electrons. The number of amides is 1. The Bertz CT molecular complexity index is 220. The quantitative estimate of drug-likeness (QED) is 0.750. The third kappa shape index (κ3) is 5.75. The normalized spacial score (nSPS) is 18.9. The first-order valence-electron chi connectivity index (χ1n) is 6.15. The van der Waals surface area contributed by atoms with Crippen molar-refractivity contribution < 1.29 is 14.3 Å². The molecule has 5 heteroatoms. The van der Waals surface area contributed by atoms with Crippen LogP contribution in [0.5, 0.6) is 0 Å². The van der Waals surface area contributed by atoms with Gasteiger partial charge in [-0.15, -0.1) is 0 Å². The summed E-state index contributed by atoms with van der Waals surface area (Å²) in [5, 5.41) is 2.98. The summed E-state index contributed by atoms with van der Waals surface area (Å²) >= 11 is 1.80. The van der Waals surface area contributed by atoms with Crippen LogP contribution in [0.25, 0.3) is 0 Å². The molecule has 1 heterocycles. The van der Waals surface area contributed by atoms with Crippen LogP contribution < -0.4 is 5.32 Å². The van der Waals surface area contributed by atoms with E-state index in [0.29, 0.717) is 19.8 Å². The van der Waals surface area contributed by atoms with Crippen molar-refractivity contribution in [3.05, 3.63) is 0 Å². The lowest BCUT2D eigenvalue weighted by molar-refractivity contribution is -0.128. The van der Waals surface area contributed by atoms with Crippen LogP contribution in [0, 0.1) is 5.92 Å². The topological polar surface area (TPSA) is 47.6 Å². The molecule has 0 radical (unpaired) electrons. The van der Waals surface area contributed by atoms with E-state index < -0.39 is 0 Å². The molecule has 1 atom stereocenters. The number of thioether (sulfide) groups is 1. The van der Waals surface area contributed by atoms with Crippen molar-refractivity contribution in [3.63, 3.8) is 0 Å². The minimum Gasteiger partial charge on any atom is -0.381 e. The van der Waals surface area contributed by atoms with Gasteiger partial charge in [0.2, 0.25) is 5.91 Å². The standard InChI is InChI=1S/C12H23NO3S/c1-15-11(5-8-17-2)9-13-12(14)10-3-6-16-7-4-10/h10-11H,3-9H2,1-2H3,(H,13,14). The summed E-state index contributed by atoms with van der Waals surface area (Å²) in [5.41, 5.74) is 0. The van der Waals surface area contributed by atoms with E-state index in [2.05, 4.69) is 11.6 Å². The molecular weight excluding hydrogens is 238 g/mol. The average Bonchev–Trinajstić information content (AvgIpc) is 2.39. The zero-order chi connectivity index (χ0) is 12.5. The number of rotatable bonds is 7. The fourth-order valence-electron chi connectivity index (χ4n) is 1.87. The third-order valence-corrected chi connectivity index (χ3v) is 3.72. The molecule has 1 unspecified atom stereocenters. The number of ether oxygens (including phenoxy) is 2. The molecule has 1 fully saturated rings. The van der Waals surface area contributed by atoms with Gasteiger partial charge in [-0.3, -0.25) is 4.79 Å². The summed E-state index contributed by atoms with van der Waals surface area (Å²) in [6.45, 7) is 2.03. The van der Waals surface area contributed by atoms with Gasteiger partial charge in [0, 0.05) is 32.8 Å². The average molecular weight is 261 g/mol. The monoisotopic (exact) mass is 261 g/mol. The summed E-state index contributed by atoms with van der Waals surface area (Å²) in [6, 6.07) is 0. The van der Waals surface area contributed by atoms with Crippen molar-refractivity contribution in [1.82, 2.24) is 5.32 Å². The minimum atomic E-state index is 0.127. The van der Waals surface area contributed by atoms with E-state index in [9.17, 15) is 4.79 Å². The van der Waals surface area contributed by atoms with E-state index in [1.54, 1.807) is 18.9 Å². The van der Waals surface area contributed by atoms with Crippen molar-refractivity contribution >= 4 is 17.7 Å². The predicted octanol–water partition coefficient (Wildman–Crippen LogP) is 1.30. The first-order chi connectivity index (χ1) is 8.27. The summed E-state index contributed by atoms with van der Waals surface area (Å²) in [6.07, 6.45) is 4.87. The van der Waals surface area contributed by atoms with Gasteiger partial charge in [-0.05, 0) is 31.3 Å². The molecule has 0 spiro atoms. The lowest BCUT2D eigenvalue weighted by Gasteiger charge is -2.22. The Kier molecular flexibility index (Phi) is 7.64. The van der Waals surface area contributed by atoms with Crippen LogP contribution in [0.2, 0.25) is 0 Å². The Labute approximate surface area is 108 Å². The maximum Gasteiger partial charge on any atom is 0.223 e. The fraction of sp³-hybridized carbons (Fsp3) is 0.917. The summed E-state index contributed by atoms with van der Waals surface area (Å²) in [7, 11) is 1.70. The number of nitrogens with one attached hydrogen (secondary N) is 1. The molecular formula is C12H23NO3S. The van der Waals surface area contributed by atoms with E-state index >= 15 is 0 Å². The Balaban J connectivity index is 2.20. The smallest absolute Gasteiger partial charge is 0.223 e. The maximum absolute atomic E-state index is 11.9. The second-order valence-corrected chi connectivity index (χ2v) is 5.26. The zero-order valence-electron chi connectivity index (χ0n) is 10.7. The van der Waals surface area contributed by atoms with E-state index in [-0.39, 0.29) is 17.9 Å². The van der Waals surface area contributed by atoms with Crippen LogP contribution in [-0.4, -0.2) is 50.9 Å². The van der Waals surface area contributed by atoms with Gasteiger partial charge in [0.15, 0.2) is 0 Å². The van der Waals surface area contributed by atoms with E-state index in [1.807, 2.05) is 0 Å². The van der Waals surface area contributed by atoms with Crippen molar-refractivity contribution in [2.24, 2.45) is 5.92 Å². The van der Waals surface area contributed by atoms with Gasteiger partial charge < -0.3 is 14.8 Å².